The average molecular weight is 419 g/mol. The van der Waals surface area contributed by atoms with Gasteiger partial charge in [-0.2, -0.15) is 0 Å². The van der Waals surface area contributed by atoms with Crippen LogP contribution in [0.25, 0.3) is 0 Å². The molecule has 3 aromatic rings. The Bertz CT molecular complexity index is 970. The lowest BCUT2D eigenvalue weighted by atomic mass is 10.2. The summed E-state index contributed by atoms with van der Waals surface area (Å²) in [6, 6.07) is 10.6. The van der Waals surface area contributed by atoms with Gasteiger partial charge in [-0.15, -0.1) is 10.2 Å². The Morgan fingerprint density at radius 1 is 1.21 bits per heavy atom. The van der Waals surface area contributed by atoms with Crippen molar-refractivity contribution in [2.45, 2.75) is 32.7 Å². The lowest BCUT2D eigenvalue weighted by Gasteiger charge is -2.02. The number of nitrogens with zero attached hydrogens (tertiary/aromatic N) is 2. The summed E-state index contributed by atoms with van der Waals surface area (Å²) in [6.45, 7) is 2.23. The first kappa shape index (κ1) is 20.0. The summed E-state index contributed by atoms with van der Waals surface area (Å²) in [5.74, 6) is 1.15. The minimum absolute atomic E-state index is 0.0579. The van der Waals surface area contributed by atoms with E-state index in [0.717, 1.165) is 11.5 Å². The lowest BCUT2D eigenvalue weighted by Crippen LogP contribution is -2.22. The van der Waals surface area contributed by atoms with Crippen molar-refractivity contribution in [1.82, 2.24) is 15.5 Å². The molecule has 0 spiro atoms. The van der Waals surface area contributed by atoms with Crippen LogP contribution in [0.3, 0.4) is 0 Å². The molecule has 0 radical (unpaired) electrons. The topological polar surface area (TPSA) is 97.1 Å². The first-order chi connectivity index (χ1) is 13.5. The molecule has 0 unspecified atom stereocenters. The minimum Gasteiger partial charge on any atom is -0.465 e. The van der Waals surface area contributed by atoms with Crippen LogP contribution in [0.1, 0.15) is 39.2 Å². The fourth-order valence-corrected chi connectivity index (χ4v) is 3.42. The molecule has 1 aromatic carbocycles. The first-order valence-electron chi connectivity index (χ1n) is 8.71. The van der Waals surface area contributed by atoms with Crippen molar-refractivity contribution in [2.75, 3.05) is 5.32 Å². The Kier molecular flexibility index (Phi) is 6.78. The van der Waals surface area contributed by atoms with Crippen LogP contribution < -0.4 is 10.6 Å². The summed E-state index contributed by atoms with van der Waals surface area (Å²) in [5, 5.41) is 15.0. The Morgan fingerprint density at radius 3 is 2.82 bits per heavy atom. The van der Waals surface area contributed by atoms with Gasteiger partial charge in [0, 0.05) is 23.6 Å². The summed E-state index contributed by atoms with van der Waals surface area (Å²) >= 11 is 7.12. The van der Waals surface area contributed by atoms with Gasteiger partial charge in [0.05, 0.1) is 6.54 Å². The number of halogens is 1. The van der Waals surface area contributed by atoms with Gasteiger partial charge in [0.2, 0.25) is 10.9 Å². The Morgan fingerprint density at radius 2 is 2.07 bits per heavy atom. The second-order valence-corrected chi connectivity index (χ2v) is 7.61. The van der Waals surface area contributed by atoms with Gasteiger partial charge >= 0.3 is 0 Å². The van der Waals surface area contributed by atoms with Gasteiger partial charge in [-0.25, -0.2) is 0 Å². The van der Waals surface area contributed by atoms with Crippen LogP contribution in [-0.4, -0.2) is 22.0 Å². The summed E-state index contributed by atoms with van der Waals surface area (Å²) in [4.78, 5) is 24.1. The maximum Gasteiger partial charge on any atom is 0.286 e. The maximum atomic E-state index is 12.2. The second-order valence-electron chi connectivity index (χ2n) is 6.11. The summed E-state index contributed by atoms with van der Waals surface area (Å²) in [5.41, 5.74) is 0.595. The number of furan rings is 1. The van der Waals surface area contributed by atoms with Crippen LogP contribution in [0.4, 0.5) is 5.69 Å². The van der Waals surface area contributed by atoms with Crippen molar-refractivity contribution in [3.63, 3.8) is 0 Å². The minimum atomic E-state index is -0.336. The van der Waals surface area contributed by atoms with Crippen molar-refractivity contribution in [3.8, 4) is 0 Å². The fraction of sp³-hybridized carbons (Fsp3) is 0.263. The van der Waals surface area contributed by atoms with Crippen LogP contribution in [0.2, 0.25) is 5.02 Å². The zero-order chi connectivity index (χ0) is 19.9. The highest BCUT2D eigenvalue weighted by atomic mass is 35.5. The SMILES string of the molecule is Cc1ccc(CNC(=O)CCCc2nnc(C(=O)Nc3cccc(Cl)c3)s2)o1. The van der Waals surface area contributed by atoms with Crippen LogP contribution in [-0.2, 0) is 17.8 Å². The molecule has 0 aliphatic heterocycles. The molecule has 0 aliphatic rings. The summed E-state index contributed by atoms with van der Waals surface area (Å²) in [7, 11) is 0. The third kappa shape index (κ3) is 5.90. The van der Waals surface area contributed by atoms with E-state index in [4.69, 9.17) is 16.0 Å². The standard InChI is InChI=1S/C19H19ClN4O3S/c1-12-8-9-15(27-12)11-21-16(25)6-3-7-17-23-24-19(28-17)18(26)22-14-5-2-4-13(20)10-14/h2,4-5,8-10H,3,6-7,11H2,1H3,(H,21,25)(H,22,26). The number of rotatable bonds is 8. The lowest BCUT2D eigenvalue weighted by molar-refractivity contribution is -0.121. The van der Waals surface area contributed by atoms with Crippen LogP contribution in [0.5, 0.6) is 0 Å². The molecule has 0 saturated heterocycles. The van der Waals surface area contributed by atoms with E-state index in [1.165, 1.54) is 11.3 Å². The molecule has 146 valence electrons. The van der Waals surface area contributed by atoms with Gasteiger partial charge in [-0.3, -0.25) is 9.59 Å². The smallest absolute Gasteiger partial charge is 0.286 e. The van der Waals surface area contributed by atoms with Crippen LogP contribution in [0, 0.1) is 6.92 Å². The number of hydrogen-bond acceptors (Lipinski definition) is 6. The third-order valence-electron chi connectivity index (χ3n) is 3.79. The second kappa shape index (κ2) is 9.48. The number of anilines is 1. The normalized spacial score (nSPS) is 10.6. The maximum absolute atomic E-state index is 12.2. The molecule has 2 aromatic heterocycles. The molecule has 0 atom stereocenters. The van der Waals surface area contributed by atoms with Crippen LogP contribution in [0.15, 0.2) is 40.8 Å². The van der Waals surface area contributed by atoms with Crippen molar-refractivity contribution in [3.05, 3.63) is 63.0 Å². The fourth-order valence-electron chi connectivity index (χ4n) is 2.45. The molecule has 0 aliphatic carbocycles. The van der Waals surface area contributed by atoms with Gasteiger partial charge < -0.3 is 15.1 Å². The number of aryl methyl sites for hydroxylation is 2. The monoisotopic (exact) mass is 418 g/mol. The average Bonchev–Trinajstić information content (AvgIpc) is 3.29. The molecule has 0 fully saturated rings. The van der Waals surface area contributed by atoms with E-state index in [0.29, 0.717) is 41.5 Å². The number of carbonyl (C=O) groups is 2. The largest absolute Gasteiger partial charge is 0.465 e. The molecule has 28 heavy (non-hydrogen) atoms. The summed E-state index contributed by atoms with van der Waals surface area (Å²) in [6.07, 6.45) is 1.56. The van der Waals surface area contributed by atoms with Gasteiger partial charge in [-0.1, -0.05) is 29.0 Å². The number of aromatic nitrogens is 2. The van der Waals surface area contributed by atoms with Crippen molar-refractivity contribution < 1.29 is 14.0 Å². The molecule has 0 bridgehead atoms. The Balaban J connectivity index is 1.41. The molecular formula is C19H19ClN4O3S. The molecule has 7 nitrogen and oxygen atoms in total. The van der Waals surface area contributed by atoms with Crippen molar-refractivity contribution in [2.24, 2.45) is 0 Å². The van der Waals surface area contributed by atoms with Gasteiger partial charge in [0.15, 0.2) is 0 Å². The summed E-state index contributed by atoms with van der Waals surface area (Å²) < 4.78 is 5.41. The molecule has 0 saturated carbocycles. The van der Waals surface area contributed by atoms with E-state index in [1.54, 1.807) is 24.3 Å². The highest BCUT2D eigenvalue weighted by molar-refractivity contribution is 7.13. The number of hydrogen-bond donors (Lipinski definition) is 2. The molecule has 3 rings (SSSR count). The van der Waals surface area contributed by atoms with Gasteiger partial charge in [0.1, 0.15) is 16.5 Å². The zero-order valence-electron chi connectivity index (χ0n) is 15.2. The third-order valence-corrected chi connectivity index (χ3v) is 5.01. The molecular weight excluding hydrogens is 400 g/mol. The first-order valence-corrected chi connectivity index (χ1v) is 9.90. The van der Waals surface area contributed by atoms with E-state index in [2.05, 4.69) is 20.8 Å². The molecule has 2 heterocycles. The van der Waals surface area contributed by atoms with Crippen molar-refractivity contribution >= 4 is 40.4 Å². The Hall–Kier alpha value is -2.71. The van der Waals surface area contributed by atoms with E-state index >= 15 is 0 Å². The quantitative estimate of drug-likeness (QED) is 0.576. The molecule has 2 amide bonds. The van der Waals surface area contributed by atoms with Crippen molar-refractivity contribution in [1.29, 1.82) is 0 Å². The highest BCUT2D eigenvalue weighted by Gasteiger charge is 2.13. The highest BCUT2D eigenvalue weighted by Crippen LogP contribution is 2.18. The zero-order valence-corrected chi connectivity index (χ0v) is 16.8. The molecule has 2 N–H and O–H groups in total. The number of amides is 2. The number of carbonyl (C=O) groups excluding carboxylic acids is 2. The predicted octanol–water partition coefficient (Wildman–Crippen LogP) is 3.98. The van der Waals surface area contributed by atoms with Crippen LogP contribution >= 0.6 is 22.9 Å². The predicted molar refractivity (Wildman–Crippen MR) is 108 cm³/mol. The Labute approximate surface area is 171 Å². The number of nitrogens with one attached hydrogen (secondary N) is 2. The van der Waals surface area contributed by atoms with E-state index in [1.807, 2.05) is 19.1 Å². The molecule has 9 heteroatoms. The van der Waals surface area contributed by atoms with E-state index < -0.39 is 0 Å². The van der Waals surface area contributed by atoms with Gasteiger partial charge in [0.25, 0.3) is 5.91 Å². The number of benzene rings is 1. The van der Waals surface area contributed by atoms with E-state index in [9.17, 15) is 9.59 Å². The van der Waals surface area contributed by atoms with Gasteiger partial charge in [-0.05, 0) is 43.7 Å². The van der Waals surface area contributed by atoms with E-state index in [-0.39, 0.29) is 16.8 Å².